The summed E-state index contributed by atoms with van der Waals surface area (Å²) in [5, 5.41) is 3.51. The van der Waals surface area contributed by atoms with Gasteiger partial charge in [0.25, 0.3) is 0 Å². The van der Waals surface area contributed by atoms with Gasteiger partial charge in [0.05, 0.1) is 12.7 Å². The van der Waals surface area contributed by atoms with Crippen LogP contribution in [-0.2, 0) is 9.47 Å². The summed E-state index contributed by atoms with van der Waals surface area (Å²) in [5.41, 5.74) is 0. The fourth-order valence-electron chi connectivity index (χ4n) is 2.38. The van der Waals surface area contributed by atoms with Crippen LogP contribution in [0.2, 0.25) is 0 Å². The molecule has 0 aromatic rings. The van der Waals surface area contributed by atoms with E-state index in [-0.39, 0.29) is 0 Å². The molecule has 1 fully saturated rings. The van der Waals surface area contributed by atoms with E-state index in [4.69, 9.17) is 9.47 Å². The highest BCUT2D eigenvalue weighted by Gasteiger charge is 2.16. The van der Waals surface area contributed by atoms with Gasteiger partial charge in [-0.3, -0.25) is 0 Å². The van der Waals surface area contributed by atoms with Crippen LogP contribution in [0.25, 0.3) is 0 Å². The molecule has 0 aromatic carbocycles. The molecule has 1 heterocycles. The molecule has 102 valence electrons. The van der Waals surface area contributed by atoms with Gasteiger partial charge in [-0.25, -0.2) is 0 Å². The highest BCUT2D eigenvalue weighted by molar-refractivity contribution is 4.70. The van der Waals surface area contributed by atoms with Gasteiger partial charge in [-0.1, -0.05) is 13.3 Å². The normalized spacial score (nSPS) is 23.8. The van der Waals surface area contributed by atoms with Crippen LogP contribution >= 0.6 is 0 Å². The predicted octanol–water partition coefficient (Wildman–Crippen LogP) is 2.60. The third-order valence-electron chi connectivity index (χ3n) is 3.84. The van der Waals surface area contributed by atoms with Crippen LogP contribution < -0.4 is 5.32 Å². The van der Waals surface area contributed by atoms with Gasteiger partial charge in [-0.15, -0.1) is 0 Å². The summed E-state index contributed by atoms with van der Waals surface area (Å²) in [4.78, 5) is 0. The molecule has 3 heteroatoms. The topological polar surface area (TPSA) is 30.5 Å². The fraction of sp³-hybridized carbons (Fsp3) is 1.00. The van der Waals surface area contributed by atoms with Gasteiger partial charge in [-0.2, -0.15) is 0 Å². The van der Waals surface area contributed by atoms with E-state index in [1.54, 1.807) is 7.11 Å². The third-order valence-corrected chi connectivity index (χ3v) is 3.84. The average molecular weight is 243 g/mol. The molecule has 17 heavy (non-hydrogen) atoms. The number of rotatable bonds is 9. The molecular weight excluding hydrogens is 214 g/mol. The molecule has 1 rings (SSSR count). The molecule has 3 atom stereocenters. The molecule has 0 aromatic heterocycles. The van der Waals surface area contributed by atoms with Crippen LogP contribution in [0, 0.1) is 5.92 Å². The van der Waals surface area contributed by atoms with Crippen molar-refractivity contribution in [1.29, 1.82) is 0 Å². The molecule has 0 bridgehead atoms. The Morgan fingerprint density at radius 2 is 2.24 bits per heavy atom. The largest absolute Gasteiger partial charge is 0.383 e. The van der Waals surface area contributed by atoms with Crippen molar-refractivity contribution in [2.45, 2.75) is 58.1 Å². The smallest absolute Gasteiger partial charge is 0.0587 e. The monoisotopic (exact) mass is 243 g/mol. The Labute approximate surface area is 106 Å². The Kier molecular flexibility index (Phi) is 7.82. The van der Waals surface area contributed by atoms with Gasteiger partial charge in [0.2, 0.25) is 0 Å². The third kappa shape index (κ3) is 6.39. The van der Waals surface area contributed by atoms with Crippen LogP contribution in [0.4, 0.5) is 0 Å². The lowest BCUT2D eigenvalue weighted by Crippen LogP contribution is -2.34. The van der Waals surface area contributed by atoms with Crippen LogP contribution in [0.3, 0.4) is 0 Å². The molecule has 1 aliphatic heterocycles. The Balaban J connectivity index is 2.00. The minimum absolute atomic E-state index is 0.555. The highest BCUT2D eigenvalue weighted by atomic mass is 16.5. The zero-order valence-corrected chi connectivity index (χ0v) is 11.7. The summed E-state index contributed by atoms with van der Waals surface area (Å²) < 4.78 is 10.7. The first-order valence-corrected chi connectivity index (χ1v) is 7.08. The summed E-state index contributed by atoms with van der Waals surface area (Å²) in [7, 11) is 1.75. The van der Waals surface area contributed by atoms with E-state index in [0.29, 0.717) is 12.1 Å². The molecule has 1 aliphatic rings. The van der Waals surface area contributed by atoms with Gasteiger partial charge in [0.15, 0.2) is 0 Å². The van der Waals surface area contributed by atoms with Crippen molar-refractivity contribution >= 4 is 0 Å². The van der Waals surface area contributed by atoms with Gasteiger partial charge >= 0.3 is 0 Å². The van der Waals surface area contributed by atoms with E-state index >= 15 is 0 Å². The van der Waals surface area contributed by atoms with Crippen molar-refractivity contribution in [2.24, 2.45) is 5.92 Å². The summed E-state index contributed by atoms with van der Waals surface area (Å²) in [6.45, 7) is 7.34. The Bertz CT molecular complexity index is 181. The van der Waals surface area contributed by atoms with Crippen LogP contribution in [0.1, 0.15) is 46.0 Å². The minimum atomic E-state index is 0.555. The van der Waals surface area contributed by atoms with Crippen molar-refractivity contribution in [3.8, 4) is 0 Å². The highest BCUT2D eigenvalue weighted by Crippen LogP contribution is 2.20. The lowest BCUT2D eigenvalue weighted by molar-refractivity contribution is 0.100. The number of hydrogen-bond donors (Lipinski definition) is 1. The molecule has 0 amide bonds. The van der Waals surface area contributed by atoms with Gasteiger partial charge < -0.3 is 14.8 Å². The predicted molar refractivity (Wildman–Crippen MR) is 71.3 cm³/mol. The second-order valence-corrected chi connectivity index (χ2v) is 5.28. The molecule has 3 nitrogen and oxygen atoms in total. The maximum atomic E-state index is 5.64. The van der Waals surface area contributed by atoms with Crippen molar-refractivity contribution < 1.29 is 9.47 Å². The van der Waals surface area contributed by atoms with Gasteiger partial charge in [-0.05, 0) is 38.5 Å². The second kappa shape index (κ2) is 8.90. The lowest BCUT2D eigenvalue weighted by Gasteiger charge is -2.21. The zero-order chi connectivity index (χ0) is 12.5. The first-order valence-electron chi connectivity index (χ1n) is 7.08. The molecule has 1 N–H and O–H groups in total. The van der Waals surface area contributed by atoms with Crippen molar-refractivity contribution in [1.82, 2.24) is 5.32 Å². The number of hydrogen-bond acceptors (Lipinski definition) is 3. The average Bonchev–Trinajstić information content (AvgIpc) is 2.82. The van der Waals surface area contributed by atoms with Crippen LogP contribution in [0.5, 0.6) is 0 Å². The van der Waals surface area contributed by atoms with E-state index in [1.165, 1.54) is 32.1 Å². The Morgan fingerprint density at radius 1 is 1.41 bits per heavy atom. The minimum Gasteiger partial charge on any atom is -0.383 e. The maximum Gasteiger partial charge on any atom is 0.0587 e. The lowest BCUT2D eigenvalue weighted by atomic mass is 9.95. The number of methoxy groups -OCH3 is 1. The van der Waals surface area contributed by atoms with Crippen LogP contribution in [0.15, 0.2) is 0 Å². The summed E-state index contributed by atoms with van der Waals surface area (Å²) in [6.07, 6.45) is 6.92. The van der Waals surface area contributed by atoms with Crippen molar-refractivity contribution in [3.05, 3.63) is 0 Å². The first-order chi connectivity index (χ1) is 8.24. The Hall–Kier alpha value is -0.120. The number of nitrogens with one attached hydrogen (secondary N) is 1. The van der Waals surface area contributed by atoms with E-state index in [2.05, 4.69) is 19.2 Å². The zero-order valence-electron chi connectivity index (χ0n) is 11.7. The molecule has 1 saturated heterocycles. The quantitative estimate of drug-likeness (QED) is 0.631. The van der Waals surface area contributed by atoms with E-state index in [1.807, 2.05) is 0 Å². The van der Waals surface area contributed by atoms with Crippen molar-refractivity contribution in [3.63, 3.8) is 0 Å². The van der Waals surface area contributed by atoms with Gasteiger partial charge in [0.1, 0.15) is 0 Å². The SMILES string of the molecule is COCCNC(C)C(C)CCCC1CCCO1. The Morgan fingerprint density at radius 3 is 2.88 bits per heavy atom. The van der Waals surface area contributed by atoms with E-state index in [0.717, 1.165) is 25.7 Å². The standard InChI is InChI=1S/C14H29NO2/c1-12(13(2)15-9-11-16-3)6-4-7-14-8-5-10-17-14/h12-15H,4-11H2,1-3H3. The van der Waals surface area contributed by atoms with Gasteiger partial charge in [0, 0.05) is 26.3 Å². The summed E-state index contributed by atoms with van der Waals surface area (Å²) in [6, 6.07) is 0.578. The number of ether oxygens (including phenoxy) is 2. The summed E-state index contributed by atoms with van der Waals surface area (Å²) in [5.74, 6) is 0.730. The van der Waals surface area contributed by atoms with E-state index < -0.39 is 0 Å². The molecule has 0 spiro atoms. The van der Waals surface area contributed by atoms with E-state index in [9.17, 15) is 0 Å². The summed E-state index contributed by atoms with van der Waals surface area (Å²) >= 11 is 0. The molecule has 0 saturated carbocycles. The van der Waals surface area contributed by atoms with Crippen molar-refractivity contribution in [2.75, 3.05) is 26.9 Å². The maximum absolute atomic E-state index is 5.64. The van der Waals surface area contributed by atoms with Crippen LogP contribution in [-0.4, -0.2) is 39.0 Å². The molecule has 0 aliphatic carbocycles. The molecular formula is C14H29NO2. The second-order valence-electron chi connectivity index (χ2n) is 5.28. The molecule has 0 radical (unpaired) electrons. The fourth-order valence-corrected chi connectivity index (χ4v) is 2.38. The first kappa shape index (κ1) is 14.9. The molecule has 3 unspecified atom stereocenters.